The highest BCUT2D eigenvalue weighted by atomic mass is 127. The molecule has 0 spiro atoms. The molecule has 1 amide bonds. The summed E-state index contributed by atoms with van der Waals surface area (Å²) in [7, 11) is -3.59. The van der Waals surface area contributed by atoms with Crippen LogP contribution in [0.25, 0.3) is 0 Å². The zero-order valence-electron chi connectivity index (χ0n) is 12.1. The van der Waals surface area contributed by atoms with Crippen molar-refractivity contribution in [3.05, 3.63) is 52.0 Å². The van der Waals surface area contributed by atoms with Crippen molar-refractivity contribution in [2.45, 2.75) is 0 Å². The molecule has 1 heterocycles. The first kappa shape index (κ1) is 17.5. The summed E-state index contributed by atoms with van der Waals surface area (Å²) in [6.07, 6.45) is 3.85. The summed E-state index contributed by atoms with van der Waals surface area (Å²) in [4.78, 5) is 11.9. The Labute approximate surface area is 147 Å². The molecule has 9 heteroatoms. The minimum absolute atomic E-state index is 0.366. The molecule has 7 nitrogen and oxygen atoms in total. The van der Waals surface area contributed by atoms with Crippen molar-refractivity contribution in [3.63, 3.8) is 0 Å². The Morgan fingerprint density at radius 2 is 2.04 bits per heavy atom. The van der Waals surface area contributed by atoms with Crippen molar-refractivity contribution in [1.29, 1.82) is 0 Å². The second-order valence-electron chi connectivity index (χ2n) is 4.55. The molecule has 1 aromatic heterocycles. The van der Waals surface area contributed by atoms with Crippen LogP contribution in [-0.4, -0.2) is 33.3 Å². The molecule has 122 valence electrons. The molecule has 0 saturated heterocycles. The van der Waals surface area contributed by atoms with Crippen molar-refractivity contribution < 1.29 is 17.6 Å². The van der Waals surface area contributed by atoms with Crippen LogP contribution in [0, 0.1) is 3.57 Å². The Balaban J connectivity index is 2.06. The molecule has 0 atom stereocenters. The molecule has 0 aliphatic carbocycles. The van der Waals surface area contributed by atoms with Gasteiger partial charge in [0, 0.05) is 3.57 Å². The summed E-state index contributed by atoms with van der Waals surface area (Å²) in [5.74, 6) is -0.0836. The highest BCUT2D eigenvalue weighted by Gasteiger charge is 2.20. The monoisotopic (exact) mass is 447 g/mol. The number of carbonyl (C=O) groups excluding carboxylic acids is 1. The zero-order valence-corrected chi connectivity index (χ0v) is 15.1. The fraction of sp³-hybridized carbons (Fsp3) is 0.143. The van der Waals surface area contributed by atoms with Crippen LogP contribution in [0.2, 0.25) is 0 Å². The number of amides is 1. The van der Waals surface area contributed by atoms with Crippen LogP contribution in [0.1, 0.15) is 5.76 Å². The number of anilines is 1. The van der Waals surface area contributed by atoms with Gasteiger partial charge in [-0.1, -0.05) is 0 Å². The molecule has 0 unspecified atom stereocenters. The number of sulfonamides is 1. The van der Waals surface area contributed by atoms with E-state index in [1.807, 2.05) is 0 Å². The van der Waals surface area contributed by atoms with Crippen molar-refractivity contribution in [1.82, 2.24) is 5.43 Å². The molecule has 0 saturated carbocycles. The van der Waals surface area contributed by atoms with Crippen LogP contribution in [0.15, 0.2) is 52.2 Å². The van der Waals surface area contributed by atoms with Crippen molar-refractivity contribution in [2.75, 3.05) is 17.1 Å². The van der Waals surface area contributed by atoms with E-state index < -0.39 is 15.9 Å². The number of hydrazone groups is 1. The van der Waals surface area contributed by atoms with E-state index in [1.54, 1.807) is 36.4 Å². The normalized spacial score (nSPS) is 11.6. The predicted octanol–water partition coefficient (Wildman–Crippen LogP) is 1.80. The van der Waals surface area contributed by atoms with Gasteiger partial charge in [-0.15, -0.1) is 0 Å². The number of carbonyl (C=O) groups is 1. The lowest BCUT2D eigenvalue weighted by molar-refractivity contribution is -0.119. The number of rotatable bonds is 6. The molecule has 0 radical (unpaired) electrons. The van der Waals surface area contributed by atoms with Gasteiger partial charge in [0.1, 0.15) is 12.3 Å². The Morgan fingerprint density at radius 3 is 2.61 bits per heavy atom. The van der Waals surface area contributed by atoms with Gasteiger partial charge in [0.05, 0.1) is 24.4 Å². The summed E-state index contributed by atoms with van der Waals surface area (Å²) >= 11 is 2.11. The van der Waals surface area contributed by atoms with Gasteiger partial charge in [0.15, 0.2) is 0 Å². The standard InChI is InChI=1S/C14H14IN3O4S/c1-23(20,21)18(12-6-4-11(15)5-7-12)10-14(19)17-16-9-13-3-2-8-22-13/h2-9H,10H2,1H3,(H,17,19)/b16-9-. The number of hydrogen-bond acceptors (Lipinski definition) is 5. The highest BCUT2D eigenvalue weighted by Crippen LogP contribution is 2.18. The third kappa shape index (κ3) is 5.36. The quantitative estimate of drug-likeness (QED) is 0.416. The predicted molar refractivity (Wildman–Crippen MR) is 95.8 cm³/mol. The lowest BCUT2D eigenvalue weighted by Crippen LogP contribution is -2.39. The van der Waals surface area contributed by atoms with Gasteiger partial charge in [-0.05, 0) is 59.0 Å². The average molecular weight is 447 g/mol. The molecule has 0 bridgehead atoms. The Morgan fingerprint density at radius 1 is 1.35 bits per heavy atom. The second kappa shape index (κ2) is 7.59. The average Bonchev–Trinajstić information content (AvgIpc) is 2.98. The first-order chi connectivity index (χ1) is 10.9. The molecule has 0 aliphatic rings. The van der Waals surface area contributed by atoms with Gasteiger partial charge in [0.25, 0.3) is 5.91 Å². The SMILES string of the molecule is CS(=O)(=O)N(CC(=O)N/N=C\c1ccco1)c1ccc(I)cc1. The third-order valence-electron chi connectivity index (χ3n) is 2.73. The Kier molecular flexibility index (Phi) is 5.77. The van der Waals surface area contributed by atoms with Gasteiger partial charge in [-0.2, -0.15) is 5.10 Å². The van der Waals surface area contributed by atoms with Crippen LogP contribution in [-0.2, 0) is 14.8 Å². The Bertz CT molecular complexity index is 786. The number of nitrogens with zero attached hydrogens (tertiary/aromatic N) is 2. The second-order valence-corrected chi connectivity index (χ2v) is 7.71. The first-order valence-corrected chi connectivity index (χ1v) is 9.37. The smallest absolute Gasteiger partial charge is 0.260 e. The third-order valence-corrected chi connectivity index (χ3v) is 4.59. The molecule has 1 N–H and O–H groups in total. The molecule has 23 heavy (non-hydrogen) atoms. The van der Waals surface area contributed by atoms with Crippen molar-refractivity contribution in [2.24, 2.45) is 5.10 Å². The summed E-state index contributed by atoms with van der Waals surface area (Å²) in [6.45, 7) is -0.366. The summed E-state index contributed by atoms with van der Waals surface area (Å²) < 4.78 is 30.8. The van der Waals surface area contributed by atoms with E-state index in [4.69, 9.17) is 4.42 Å². The molecular weight excluding hydrogens is 433 g/mol. The van der Waals surface area contributed by atoms with E-state index in [0.717, 1.165) is 14.1 Å². The highest BCUT2D eigenvalue weighted by molar-refractivity contribution is 14.1. The number of furan rings is 1. The summed E-state index contributed by atoms with van der Waals surface area (Å²) in [5.41, 5.74) is 2.68. The zero-order chi connectivity index (χ0) is 16.9. The lowest BCUT2D eigenvalue weighted by atomic mass is 10.3. The van der Waals surface area contributed by atoms with Crippen LogP contribution in [0.4, 0.5) is 5.69 Å². The van der Waals surface area contributed by atoms with E-state index in [2.05, 4.69) is 33.1 Å². The molecule has 0 aliphatic heterocycles. The minimum atomic E-state index is -3.59. The maximum Gasteiger partial charge on any atom is 0.260 e. The number of halogens is 1. The fourth-order valence-electron chi connectivity index (χ4n) is 1.71. The first-order valence-electron chi connectivity index (χ1n) is 6.45. The van der Waals surface area contributed by atoms with E-state index in [1.165, 1.54) is 12.5 Å². The van der Waals surface area contributed by atoms with Gasteiger partial charge in [-0.25, -0.2) is 13.8 Å². The molecule has 0 fully saturated rings. The number of nitrogens with one attached hydrogen (secondary N) is 1. The van der Waals surface area contributed by atoms with Gasteiger partial charge in [0.2, 0.25) is 10.0 Å². The van der Waals surface area contributed by atoms with E-state index in [0.29, 0.717) is 11.4 Å². The number of hydrogen-bond donors (Lipinski definition) is 1. The Hall–Kier alpha value is -1.88. The molecule has 2 aromatic rings. The maximum atomic E-state index is 11.9. The number of benzene rings is 1. The topological polar surface area (TPSA) is 92.0 Å². The summed E-state index contributed by atoms with van der Waals surface area (Å²) in [6, 6.07) is 10.2. The minimum Gasteiger partial charge on any atom is -0.463 e. The van der Waals surface area contributed by atoms with Gasteiger partial charge >= 0.3 is 0 Å². The lowest BCUT2D eigenvalue weighted by Gasteiger charge is -2.21. The van der Waals surface area contributed by atoms with Crippen LogP contribution >= 0.6 is 22.6 Å². The molecular formula is C14H14IN3O4S. The van der Waals surface area contributed by atoms with Crippen LogP contribution in [0.5, 0.6) is 0 Å². The maximum absolute atomic E-state index is 11.9. The van der Waals surface area contributed by atoms with E-state index in [-0.39, 0.29) is 6.54 Å². The van der Waals surface area contributed by atoms with E-state index >= 15 is 0 Å². The summed E-state index contributed by atoms with van der Waals surface area (Å²) in [5, 5.41) is 3.72. The van der Waals surface area contributed by atoms with Gasteiger partial charge in [-0.3, -0.25) is 9.10 Å². The largest absolute Gasteiger partial charge is 0.463 e. The fourth-order valence-corrected chi connectivity index (χ4v) is 2.92. The van der Waals surface area contributed by atoms with Crippen LogP contribution in [0.3, 0.4) is 0 Å². The van der Waals surface area contributed by atoms with Crippen molar-refractivity contribution in [3.8, 4) is 0 Å². The van der Waals surface area contributed by atoms with Crippen LogP contribution < -0.4 is 9.73 Å². The van der Waals surface area contributed by atoms with Gasteiger partial charge < -0.3 is 4.42 Å². The van der Waals surface area contributed by atoms with Crippen molar-refractivity contribution >= 4 is 50.4 Å². The molecule has 2 rings (SSSR count). The van der Waals surface area contributed by atoms with E-state index in [9.17, 15) is 13.2 Å². The molecule has 1 aromatic carbocycles.